The molecule has 3 heteroatoms. The fourth-order valence-electron chi connectivity index (χ4n) is 2.22. The Morgan fingerprint density at radius 3 is 3.00 bits per heavy atom. The molecule has 1 atom stereocenters. The molecule has 1 heterocycles. The van der Waals surface area contributed by atoms with Crippen molar-refractivity contribution in [2.45, 2.75) is 13.0 Å². The molecule has 0 amide bonds. The fourth-order valence-corrected chi connectivity index (χ4v) is 2.22. The van der Waals surface area contributed by atoms with Crippen LogP contribution in [0.3, 0.4) is 0 Å². The fraction of sp³-hybridized carbons (Fsp3) is 0.538. The van der Waals surface area contributed by atoms with E-state index in [0.717, 1.165) is 32.8 Å². The van der Waals surface area contributed by atoms with E-state index in [2.05, 4.69) is 36.1 Å². The van der Waals surface area contributed by atoms with Gasteiger partial charge in [-0.15, -0.1) is 0 Å². The molecular formula is C13H20N2O. The molecule has 1 aliphatic rings. The van der Waals surface area contributed by atoms with Gasteiger partial charge in [-0.1, -0.05) is 24.3 Å². The molecule has 1 fully saturated rings. The van der Waals surface area contributed by atoms with E-state index < -0.39 is 0 Å². The van der Waals surface area contributed by atoms with Gasteiger partial charge in [-0.3, -0.25) is 4.90 Å². The van der Waals surface area contributed by atoms with Crippen LogP contribution in [0.5, 0.6) is 0 Å². The highest BCUT2D eigenvalue weighted by Gasteiger charge is 2.22. The summed E-state index contributed by atoms with van der Waals surface area (Å²) in [6, 6.07) is 8.44. The van der Waals surface area contributed by atoms with Gasteiger partial charge in [-0.2, -0.15) is 0 Å². The van der Waals surface area contributed by atoms with E-state index in [4.69, 9.17) is 10.5 Å². The first-order valence-corrected chi connectivity index (χ1v) is 5.91. The molecule has 0 saturated carbocycles. The molecule has 1 unspecified atom stereocenters. The van der Waals surface area contributed by atoms with E-state index in [1.54, 1.807) is 0 Å². The molecule has 1 saturated heterocycles. The Balaban J connectivity index is 2.07. The normalized spacial score (nSPS) is 22.2. The number of aryl methyl sites for hydroxylation is 1. The first-order chi connectivity index (χ1) is 7.81. The number of hydrogen-bond acceptors (Lipinski definition) is 3. The Hall–Kier alpha value is -0.900. The van der Waals surface area contributed by atoms with Gasteiger partial charge < -0.3 is 10.5 Å². The number of hydrogen-bond donors (Lipinski definition) is 1. The summed E-state index contributed by atoms with van der Waals surface area (Å²) in [6.07, 6.45) is 0.210. The first-order valence-electron chi connectivity index (χ1n) is 5.91. The first kappa shape index (κ1) is 11.6. The number of morpholine rings is 1. The van der Waals surface area contributed by atoms with Gasteiger partial charge in [0.2, 0.25) is 0 Å². The molecule has 88 valence electrons. The van der Waals surface area contributed by atoms with Crippen LogP contribution < -0.4 is 5.73 Å². The average molecular weight is 220 g/mol. The molecule has 1 aromatic carbocycles. The van der Waals surface area contributed by atoms with E-state index in [1.807, 2.05) is 0 Å². The zero-order valence-corrected chi connectivity index (χ0v) is 9.86. The van der Waals surface area contributed by atoms with Crippen LogP contribution in [-0.2, 0) is 4.74 Å². The SMILES string of the molecule is Cc1ccccc1C1CN(CCN)CCO1. The van der Waals surface area contributed by atoms with Crippen LogP contribution >= 0.6 is 0 Å². The summed E-state index contributed by atoms with van der Waals surface area (Å²) < 4.78 is 5.84. The second-order valence-corrected chi connectivity index (χ2v) is 4.31. The maximum absolute atomic E-state index is 5.84. The molecule has 16 heavy (non-hydrogen) atoms. The third kappa shape index (κ3) is 2.61. The highest BCUT2D eigenvalue weighted by molar-refractivity contribution is 5.28. The van der Waals surface area contributed by atoms with Crippen LogP contribution in [0.4, 0.5) is 0 Å². The van der Waals surface area contributed by atoms with Crippen molar-refractivity contribution >= 4 is 0 Å². The van der Waals surface area contributed by atoms with Crippen molar-refractivity contribution in [2.24, 2.45) is 5.73 Å². The van der Waals surface area contributed by atoms with Crippen molar-refractivity contribution in [3.63, 3.8) is 0 Å². The molecule has 0 spiro atoms. The molecule has 2 N–H and O–H groups in total. The van der Waals surface area contributed by atoms with Crippen LogP contribution in [0.25, 0.3) is 0 Å². The summed E-state index contributed by atoms with van der Waals surface area (Å²) in [5.41, 5.74) is 8.21. The Bertz CT molecular complexity index is 338. The number of nitrogens with zero attached hydrogens (tertiary/aromatic N) is 1. The third-order valence-corrected chi connectivity index (χ3v) is 3.13. The minimum absolute atomic E-state index is 0.210. The van der Waals surface area contributed by atoms with E-state index >= 15 is 0 Å². The average Bonchev–Trinajstić information content (AvgIpc) is 2.30. The molecule has 0 aliphatic carbocycles. The van der Waals surface area contributed by atoms with Crippen molar-refractivity contribution in [1.82, 2.24) is 4.90 Å². The third-order valence-electron chi connectivity index (χ3n) is 3.13. The smallest absolute Gasteiger partial charge is 0.0954 e. The van der Waals surface area contributed by atoms with Crippen molar-refractivity contribution in [2.75, 3.05) is 32.8 Å². The Morgan fingerprint density at radius 2 is 2.25 bits per heavy atom. The summed E-state index contributed by atoms with van der Waals surface area (Å²) in [4.78, 5) is 2.38. The van der Waals surface area contributed by atoms with Gasteiger partial charge in [-0.25, -0.2) is 0 Å². The zero-order valence-electron chi connectivity index (χ0n) is 9.86. The summed E-state index contributed by atoms with van der Waals surface area (Å²) in [5.74, 6) is 0. The van der Waals surface area contributed by atoms with Crippen LogP contribution in [0, 0.1) is 6.92 Å². The topological polar surface area (TPSA) is 38.5 Å². The zero-order chi connectivity index (χ0) is 11.4. The largest absolute Gasteiger partial charge is 0.371 e. The van der Waals surface area contributed by atoms with Crippen molar-refractivity contribution in [3.8, 4) is 0 Å². The highest BCUT2D eigenvalue weighted by Crippen LogP contribution is 2.24. The van der Waals surface area contributed by atoms with Gasteiger partial charge >= 0.3 is 0 Å². The maximum atomic E-state index is 5.84. The van der Waals surface area contributed by atoms with E-state index in [1.165, 1.54) is 11.1 Å². The number of nitrogens with two attached hydrogens (primary N) is 1. The standard InChI is InChI=1S/C13H20N2O/c1-11-4-2-3-5-12(11)13-10-15(7-6-14)8-9-16-13/h2-5,13H,6-10,14H2,1H3. The van der Waals surface area contributed by atoms with E-state index in [0.29, 0.717) is 0 Å². The summed E-state index contributed by atoms with van der Waals surface area (Å²) in [6.45, 7) is 6.59. The lowest BCUT2D eigenvalue weighted by Crippen LogP contribution is -2.41. The molecule has 3 nitrogen and oxygen atoms in total. The van der Waals surface area contributed by atoms with Crippen molar-refractivity contribution in [3.05, 3.63) is 35.4 Å². The minimum Gasteiger partial charge on any atom is -0.371 e. The molecule has 0 aromatic heterocycles. The summed E-state index contributed by atoms with van der Waals surface area (Å²) in [5, 5.41) is 0. The molecule has 2 rings (SSSR count). The Labute approximate surface area is 97.2 Å². The highest BCUT2D eigenvalue weighted by atomic mass is 16.5. The lowest BCUT2D eigenvalue weighted by Gasteiger charge is -2.33. The quantitative estimate of drug-likeness (QED) is 0.835. The van der Waals surface area contributed by atoms with Gasteiger partial charge in [-0.05, 0) is 18.1 Å². The molecule has 0 radical (unpaired) electrons. The summed E-state index contributed by atoms with van der Waals surface area (Å²) in [7, 11) is 0. The van der Waals surface area contributed by atoms with Gasteiger partial charge in [0.1, 0.15) is 0 Å². The van der Waals surface area contributed by atoms with Crippen molar-refractivity contribution < 1.29 is 4.74 Å². The maximum Gasteiger partial charge on any atom is 0.0954 e. The molecule has 1 aromatic rings. The van der Waals surface area contributed by atoms with E-state index in [9.17, 15) is 0 Å². The monoisotopic (exact) mass is 220 g/mol. The van der Waals surface area contributed by atoms with Crippen LogP contribution in [0.1, 0.15) is 17.2 Å². The predicted octanol–water partition coefficient (Wildman–Crippen LogP) is 1.33. The van der Waals surface area contributed by atoms with Crippen molar-refractivity contribution in [1.29, 1.82) is 0 Å². The molecule has 0 bridgehead atoms. The van der Waals surface area contributed by atoms with Gasteiger partial charge in [0.15, 0.2) is 0 Å². The Kier molecular flexibility index (Phi) is 3.93. The Morgan fingerprint density at radius 1 is 1.44 bits per heavy atom. The predicted molar refractivity (Wildman–Crippen MR) is 65.4 cm³/mol. The second-order valence-electron chi connectivity index (χ2n) is 4.31. The minimum atomic E-state index is 0.210. The van der Waals surface area contributed by atoms with Gasteiger partial charge in [0, 0.05) is 26.2 Å². The van der Waals surface area contributed by atoms with Gasteiger partial charge in [0.05, 0.1) is 12.7 Å². The number of rotatable bonds is 3. The van der Waals surface area contributed by atoms with Crippen LogP contribution in [0.15, 0.2) is 24.3 Å². The van der Waals surface area contributed by atoms with Crippen LogP contribution in [-0.4, -0.2) is 37.7 Å². The number of ether oxygens (including phenoxy) is 1. The summed E-state index contributed by atoms with van der Waals surface area (Å²) >= 11 is 0. The van der Waals surface area contributed by atoms with Gasteiger partial charge in [0.25, 0.3) is 0 Å². The molecular weight excluding hydrogens is 200 g/mol. The number of benzene rings is 1. The molecule has 1 aliphatic heterocycles. The van der Waals surface area contributed by atoms with E-state index in [-0.39, 0.29) is 6.10 Å². The lowest BCUT2D eigenvalue weighted by molar-refractivity contribution is -0.0291. The second kappa shape index (κ2) is 5.43. The van der Waals surface area contributed by atoms with Crippen LogP contribution in [0.2, 0.25) is 0 Å². The lowest BCUT2D eigenvalue weighted by atomic mass is 10.0.